The lowest BCUT2D eigenvalue weighted by molar-refractivity contribution is 0.0995. The fourth-order valence-corrected chi connectivity index (χ4v) is 3.53. The van der Waals surface area contributed by atoms with Crippen LogP contribution in [0.4, 0.5) is 11.4 Å². The Morgan fingerprint density at radius 1 is 1.29 bits per heavy atom. The van der Waals surface area contributed by atoms with E-state index in [1.807, 2.05) is 13.0 Å². The summed E-state index contributed by atoms with van der Waals surface area (Å²) in [5, 5.41) is 2.81. The van der Waals surface area contributed by atoms with Crippen LogP contribution >= 0.6 is 0 Å². The Morgan fingerprint density at radius 2 is 2.11 bits per heavy atom. The fourth-order valence-electron chi connectivity index (χ4n) is 3.53. The zero-order valence-electron chi connectivity index (χ0n) is 16.3. The summed E-state index contributed by atoms with van der Waals surface area (Å²) in [5.41, 5.74) is 7.68. The second-order valence-electron chi connectivity index (χ2n) is 6.88. The summed E-state index contributed by atoms with van der Waals surface area (Å²) < 4.78 is 5.42. The maximum atomic E-state index is 12.7. The molecule has 1 aliphatic rings. The summed E-state index contributed by atoms with van der Waals surface area (Å²) >= 11 is 0. The Balaban J connectivity index is 1.86. The molecule has 28 heavy (non-hydrogen) atoms. The van der Waals surface area contributed by atoms with Crippen molar-refractivity contribution in [3.05, 3.63) is 47.7 Å². The van der Waals surface area contributed by atoms with Crippen molar-refractivity contribution in [3.8, 4) is 5.88 Å². The van der Waals surface area contributed by atoms with Crippen molar-refractivity contribution in [1.82, 2.24) is 4.98 Å². The molecule has 148 valence electrons. The molecule has 2 heterocycles. The third-order valence-corrected chi connectivity index (χ3v) is 4.93. The van der Waals surface area contributed by atoms with Crippen LogP contribution in [0.15, 0.2) is 36.5 Å². The molecule has 0 spiro atoms. The predicted octanol–water partition coefficient (Wildman–Crippen LogP) is 3.21. The highest BCUT2D eigenvalue weighted by Crippen LogP contribution is 2.30. The van der Waals surface area contributed by atoms with Crippen molar-refractivity contribution in [1.29, 1.82) is 0 Å². The van der Waals surface area contributed by atoms with Crippen LogP contribution in [0.1, 0.15) is 53.8 Å². The molecule has 0 saturated carbocycles. The van der Waals surface area contributed by atoms with Crippen molar-refractivity contribution in [3.63, 3.8) is 0 Å². The Morgan fingerprint density at radius 3 is 2.82 bits per heavy atom. The lowest BCUT2D eigenvalue weighted by Gasteiger charge is -2.36. The summed E-state index contributed by atoms with van der Waals surface area (Å²) in [7, 11) is 0. The topological polar surface area (TPSA) is 97.6 Å². The van der Waals surface area contributed by atoms with E-state index < -0.39 is 5.91 Å². The molecular weight excluding hydrogens is 356 g/mol. The average Bonchev–Trinajstić information content (AvgIpc) is 2.69. The van der Waals surface area contributed by atoms with Gasteiger partial charge >= 0.3 is 0 Å². The molecule has 2 aromatic rings. The number of hydrogen-bond donors (Lipinski definition) is 2. The van der Waals surface area contributed by atoms with Crippen molar-refractivity contribution in [2.75, 3.05) is 23.4 Å². The number of rotatable bonds is 6. The Kier molecular flexibility index (Phi) is 6.13. The predicted molar refractivity (Wildman–Crippen MR) is 109 cm³/mol. The summed E-state index contributed by atoms with van der Waals surface area (Å²) in [5.74, 6) is -0.595. The average molecular weight is 382 g/mol. The maximum absolute atomic E-state index is 12.7. The molecule has 1 aliphatic heterocycles. The highest BCUT2D eigenvalue weighted by atomic mass is 16.5. The molecular formula is C21H26N4O3. The lowest BCUT2D eigenvalue weighted by atomic mass is 10.0. The largest absolute Gasteiger partial charge is 0.477 e. The van der Waals surface area contributed by atoms with Gasteiger partial charge in [-0.2, -0.15) is 0 Å². The summed E-state index contributed by atoms with van der Waals surface area (Å²) in [6.07, 6.45) is 4.92. The minimum atomic E-state index is -0.514. The van der Waals surface area contributed by atoms with Crippen LogP contribution in [0.5, 0.6) is 5.88 Å². The maximum Gasteiger partial charge on any atom is 0.261 e. The molecule has 7 heteroatoms. The number of anilines is 2. The number of nitrogens with two attached hydrogens (primary N) is 1. The fraction of sp³-hybridized carbons (Fsp3) is 0.381. The SMILES string of the molecule is CCOc1ncccc1C(=O)Nc1ccc(N2CCCCC2C)c(C(N)=O)c1. The van der Waals surface area contributed by atoms with E-state index in [-0.39, 0.29) is 11.8 Å². The Bertz CT molecular complexity index is 868. The van der Waals surface area contributed by atoms with Crippen LogP contribution in [0.2, 0.25) is 0 Å². The van der Waals surface area contributed by atoms with Crippen molar-refractivity contribution in [2.24, 2.45) is 5.73 Å². The van der Waals surface area contributed by atoms with Crippen LogP contribution in [0, 0.1) is 0 Å². The van der Waals surface area contributed by atoms with E-state index >= 15 is 0 Å². The minimum absolute atomic E-state index is 0.274. The first-order chi connectivity index (χ1) is 13.5. The first-order valence-corrected chi connectivity index (χ1v) is 9.61. The Hall–Kier alpha value is -3.09. The number of ether oxygens (including phenoxy) is 1. The third-order valence-electron chi connectivity index (χ3n) is 4.93. The van der Waals surface area contributed by atoms with Crippen LogP contribution in [-0.2, 0) is 0 Å². The molecule has 1 unspecified atom stereocenters. The van der Waals surface area contributed by atoms with Crippen LogP contribution < -0.4 is 20.7 Å². The van der Waals surface area contributed by atoms with Crippen LogP contribution in [0.3, 0.4) is 0 Å². The molecule has 1 aromatic heterocycles. The van der Waals surface area contributed by atoms with Gasteiger partial charge in [-0.25, -0.2) is 4.98 Å². The molecule has 2 amide bonds. The van der Waals surface area contributed by atoms with Gasteiger partial charge in [0.25, 0.3) is 11.8 Å². The van der Waals surface area contributed by atoms with E-state index in [2.05, 4.69) is 22.1 Å². The monoisotopic (exact) mass is 382 g/mol. The second-order valence-corrected chi connectivity index (χ2v) is 6.88. The smallest absolute Gasteiger partial charge is 0.261 e. The van der Waals surface area contributed by atoms with Gasteiger partial charge in [-0.1, -0.05) is 0 Å². The Labute approximate surface area is 164 Å². The van der Waals surface area contributed by atoms with E-state index in [0.717, 1.165) is 25.1 Å². The van der Waals surface area contributed by atoms with Gasteiger partial charge in [-0.05, 0) is 63.4 Å². The molecule has 1 fully saturated rings. The van der Waals surface area contributed by atoms with Gasteiger partial charge in [-0.15, -0.1) is 0 Å². The van der Waals surface area contributed by atoms with Crippen LogP contribution in [-0.4, -0.2) is 36.0 Å². The molecule has 3 rings (SSSR count). The second kappa shape index (κ2) is 8.73. The standard InChI is InChI=1S/C21H26N4O3/c1-3-28-21-16(8-6-11-23-21)20(27)24-15-9-10-18(17(13-15)19(22)26)25-12-5-4-7-14(25)2/h6,8-11,13-14H,3-5,7,12H2,1-2H3,(H2,22,26)(H,24,27). The van der Waals surface area contributed by atoms with Crippen molar-refractivity contribution < 1.29 is 14.3 Å². The van der Waals surface area contributed by atoms with Gasteiger partial charge in [0.1, 0.15) is 5.56 Å². The number of amides is 2. The molecule has 0 aliphatic carbocycles. The van der Waals surface area contributed by atoms with E-state index in [4.69, 9.17) is 10.5 Å². The minimum Gasteiger partial charge on any atom is -0.477 e. The third kappa shape index (κ3) is 4.24. The van der Waals surface area contributed by atoms with Crippen LogP contribution in [0.25, 0.3) is 0 Å². The van der Waals surface area contributed by atoms with Gasteiger partial charge < -0.3 is 20.7 Å². The zero-order valence-corrected chi connectivity index (χ0v) is 16.3. The highest BCUT2D eigenvalue weighted by Gasteiger charge is 2.23. The van der Waals surface area contributed by atoms with E-state index in [9.17, 15) is 9.59 Å². The van der Waals surface area contributed by atoms with E-state index in [1.165, 1.54) is 6.42 Å². The summed E-state index contributed by atoms with van der Waals surface area (Å²) in [4.78, 5) is 31.1. The number of nitrogens with zero attached hydrogens (tertiary/aromatic N) is 2. The highest BCUT2D eigenvalue weighted by molar-refractivity contribution is 6.07. The molecule has 0 radical (unpaired) electrons. The number of carbonyl (C=O) groups excluding carboxylic acids is 2. The number of hydrogen-bond acceptors (Lipinski definition) is 5. The van der Waals surface area contributed by atoms with Crippen molar-refractivity contribution >= 4 is 23.2 Å². The summed E-state index contributed by atoms with van der Waals surface area (Å²) in [6.45, 7) is 5.28. The number of piperidine rings is 1. The number of nitrogens with one attached hydrogen (secondary N) is 1. The first kappa shape index (κ1) is 19.7. The van der Waals surface area contributed by atoms with Gasteiger partial charge in [-0.3, -0.25) is 9.59 Å². The van der Waals surface area contributed by atoms with E-state index in [1.54, 1.807) is 30.5 Å². The molecule has 3 N–H and O–H groups in total. The number of pyridine rings is 1. The zero-order chi connectivity index (χ0) is 20.1. The van der Waals surface area contributed by atoms with Gasteiger partial charge in [0.15, 0.2) is 0 Å². The molecule has 1 saturated heterocycles. The number of primary amides is 1. The molecule has 7 nitrogen and oxygen atoms in total. The van der Waals surface area contributed by atoms with Crippen molar-refractivity contribution in [2.45, 2.75) is 39.2 Å². The molecule has 0 bridgehead atoms. The quantitative estimate of drug-likeness (QED) is 0.799. The normalized spacial score (nSPS) is 16.5. The molecule has 1 atom stereocenters. The lowest BCUT2D eigenvalue weighted by Crippen LogP contribution is -2.38. The molecule has 1 aromatic carbocycles. The van der Waals surface area contributed by atoms with Gasteiger partial charge in [0, 0.05) is 30.2 Å². The number of carbonyl (C=O) groups is 2. The van der Waals surface area contributed by atoms with E-state index in [0.29, 0.717) is 29.5 Å². The van der Waals surface area contributed by atoms with Gasteiger partial charge in [0.05, 0.1) is 12.2 Å². The number of aromatic nitrogens is 1. The number of benzene rings is 1. The summed E-state index contributed by atoms with van der Waals surface area (Å²) in [6, 6.07) is 8.94. The first-order valence-electron chi connectivity index (χ1n) is 9.61. The van der Waals surface area contributed by atoms with Gasteiger partial charge in [0.2, 0.25) is 5.88 Å².